The van der Waals surface area contributed by atoms with E-state index in [1.807, 2.05) is 6.92 Å². The van der Waals surface area contributed by atoms with Crippen molar-refractivity contribution in [1.82, 2.24) is 9.97 Å². The molecule has 0 bridgehead atoms. The Morgan fingerprint density at radius 2 is 1.81 bits per heavy atom. The maximum absolute atomic E-state index is 12.3. The van der Waals surface area contributed by atoms with Gasteiger partial charge in [-0.3, -0.25) is 4.79 Å². The third kappa shape index (κ3) is 3.36. The average Bonchev–Trinajstić information content (AvgIpc) is 2.45. The zero-order chi connectivity index (χ0) is 15.6. The first kappa shape index (κ1) is 15.0. The summed E-state index contributed by atoms with van der Waals surface area (Å²) in [5.74, 6) is -1.77. The minimum absolute atomic E-state index is 0.0970. The fourth-order valence-corrected chi connectivity index (χ4v) is 1.80. The van der Waals surface area contributed by atoms with E-state index in [-0.39, 0.29) is 5.95 Å². The summed E-state index contributed by atoms with van der Waals surface area (Å²) in [7, 11) is 0. The molecule has 0 fully saturated rings. The number of hydrogen-bond acceptors (Lipinski definition) is 4. The number of aryl methyl sites for hydroxylation is 1. The number of aromatic nitrogens is 2. The van der Waals surface area contributed by atoms with Crippen molar-refractivity contribution in [2.24, 2.45) is 0 Å². The lowest BCUT2D eigenvalue weighted by atomic mass is 10.1. The minimum atomic E-state index is -4.88. The first-order valence-corrected chi connectivity index (χ1v) is 6.16. The second kappa shape index (κ2) is 5.51. The summed E-state index contributed by atoms with van der Waals surface area (Å²) in [6.45, 7) is 1.90. The monoisotopic (exact) mass is 295 g/mol. The van der Waals surface area contributed by atoms with E-state index in [1.54, 1.807) is 6.07 Å². The molecular formula is C14H12F3N3O. The van der Waals surface area contributed by atoms with Gasteiger partial charge in [0.1, 0.15) is 0 Å². The second-order valence-corrected chi connectivity index (χ2v) is 4.36. The van der Waals surface area contributed by atoms with Gasteiger partial charge in [0.25, 0.3) is 5.78 Å². The quantitative estimate of drug-likeness (QED) is 0.884. The van der Waals surface area contributed by atoms with Crippen molar-refractivity contribution < 1.29 is 18.0 Å². The van der Waals surface area contributed by atoms with Gasteiger partial charge in [0.05, 0.1) is 5.69 Å². The number of rotatable bonds is 3. The summed E-state index contributed by atoms with van der Waals surface area (Å²) in [6.07, 6.45) is -4.22. The number of carbonyl (C=O) groups is 1. The molecule has 0 aliphatic heterocycles. The largest absolute Gasteiger partial charge is 0.454 e. The van der Waals surface area contributed by atoms with Gasteiger partial charge in [0.15, 0.2) is 0 Å². The van der Waals surface area contributed by atoms with Crippen LogP contribution in [-0.4, -0.2) is 21.9 Å². The smallest absolute Gasteiger partial charge is 0.368 e. The summed E-state index contributed by atoms with van der Waals surface area (Å²) < 4.78 is 37.0. The van der Waals surface area contributed by atoms with Crippen molar-refractivity contribution in [3.05, 3.63) is 41.6 Å². The topological polar surface area (TPSA) is 68.9 Å². The minimum Gasteiger partial charge on any atom is -0.368 e. The fourth-order valence-electron chi connectivity index (χ4n) is 1.80. The first-order valence-electron chi connectivity index (χ1n) is 6.16. The van der Waals surface area contributed by atoms with E-state index < -0.39 is 17.5 Å². The van der Waals surface area contributed by atoms with Crippen LogP contribution >= 0.6 is 0 Å². The van der Waals surface area contributed by atoms with Gasteiger partial charge in [0.2, 0.25) is 5.95 Å². The lowest BCUT2D eigenvalue weighted by molar-refractivity contribution is -0.0885. The number of carbonyl (C=O) groups excluding carboxylic acids is 1. The number of ketones is 1. The molecule has 2 rings (SSSR count). The Bertz CT molecular complexity index is 666. The molecular weight excluding hydrogens is 283 g/mol. The zero-order valence-electron chi connectivity index (χ0n) is 11.1. The van der Waals surface area contributed by atoms with Crippen molar-refractivity contribution in [3.63, 3.8) is 0 Å². The number of nitrogen functional groups attached to an aromatic ring is 1. The van der Waals surface area contributed by atoms with Crippen LogP contribution in [0.5, 0.6) is 0 Å². The van der Waals surface area contributed by atoms with Crippen LogP contribution in [0.25, 0.3) is 11.3 Å². The van der Waals surface area contributed by atoms with Crippen LogP contribution in [0.15, 0.2) is 30.3 Å². The average molecular weight is 295 g/mol. The van der Waals surface area contributed by atoms with E-state index >= 15 is 0 Å². The van der Waals surface area contributed by atoms with Gasteiger partial charge in [0, 0.05) is 16.8 Å². The third-order valence-corrected chi connectivity index (χ3v) is 2.86. The van der Waals surface area contributed by atoms with Gasteiger partial charge in [-0.15, -0.1) is 0 Å². The van der Waals surface area contributed by atoms with Crippen molar-refractivity contribution in [2.45, 2.75) is 19.5 Å². The van der Waals surface area contributed by atoms with Gasteiger partial charge < -0.3 is 5.73 Å². The number of halogens is 3. The van der Waals surface area contributed by atoms with Crippen molar-refractivity contribution in [1.29, 1.82) is 0 Å². The molecule has 21 heavy (non-hydrogen) atoms. The molecule has 0 aliphatic carbocycles. The van der Waals surface area contributed by atoms with E-state index in [0.29, 0.717) is 17.7 Å². The molecule has 1 heterocycles. The summed E-state index contributed by atoms with van der Waals surface area (Å²) >= 11 is 0. The van der Waals surface area contributed by atoms with Gasteiger partial charge in [-0.2, -0.15) is 13.2 Å². The number of benzene rings is 1. The van der Waals surface area contributed by atoms with Gasteiger partial charge in [-0.25, -0.2) is 9.97 Å². The summed E-state index contributed by atoms with van der Waals surface area (Å²) in [5, 5.41) is 0. The van der Waals surface area contributed by atoms with E-state index in [9.17, 15) is 18.0 Å². The van der Waals surface area contributed by atoms with E-state index in [2.05, 4.69) is 9.97 Å². The predicted molar refractivity (Wildman–Crippen MR) is 71.6 cm³/mol. The molecule has 0 saturated carbocycles. The Hall–Kier alpha value is -2.44. The van der Waals surface area contributed by atoms with Gasteiger partial charge >= 0.3 is 6.18 Å². The van der Waals surface area contributed by atoms with Gasteiger partial charge in [-0.05, 0) is 12.5 Å². The molecule has 0 radical (unpaired) electrons. The Morgan fingerprint density at radius 1 is 1.19 bits per heavy atom. The van der Waals surface area contributed by atoms with Crippen LogP contribution in [0, 0.1) is 0 Å². The highest BCUT2D eigenvalue weighted by atomic mass is 19.4. The summed E-state index contributed by atoms with van der Waals surface area (Å²) in [4.78, 5) is 19.2. The number of nitrogens with two attached hydrogens (primary N) is 1. The van der Waals surface area contributed by atoms with Crippen LogP contribution in [0.4, 0.5) is 19.1 Å². The Labute approximate surface area is 118 Å². The number of Topliss-reactive ketones (excluding diaryl/α,β-unsaturated/α-hetero) is 1. The Kier molecular flexibility index (Phi) is 3.93. The molecule has 0 spiro atoms. The molecule has 0 unspecified atom stereocenters. The summed E-state index contributed by atoms with van der Waals surface area (Å²) in [6, 6.07) is 6.75. The van der Waals surface area contributed by atoms with E-state index in [1.165, 1.54) is 12.1 Å². The van der Waals surface area contributed by atoms with Gasteiger partial charge in [-0.1, -0.05) is 31.2 Å². The van der Waals surface area contributed by atoms with Crippen LogP contribution in [0.3, 0.4) is 0 Å². The van der Waals surface area contributed by atoms with Crippen molar-refractivity contribution >= 4 is 11.7 Å². The Balaban J connectivity index is 2.35. The second-order valence-electron chi connectivity index (χ2n) is 4.36. The number of anilines is 1. The number of alkyl halides is 3. The van der Waals surface area contributed by atoms with Crippen LogP contribution < -0.4 is 5.73 Å². The SMILES string of the molecule is CCc1cc(-c2ccc(C(=O)C(F)(F)F)cc2)nc(N)n1. The molecule has 0 atom stereocenters. The van der Waals surface area contributed by atoms with E-state index in [4.69, 9.17) is 5.73 Å². The summed E-state index contributed by atoms with van der Waals surface area (Å²) in [5.41, 5.74) is 6.97. The molecule has 1 aromatic heterocycles. The first-order chi connectivity index (χ1) is 9.81. The molecule has 1 aromatic carbocycles. The lowest BCUT2D eigenvalue weighted by Crippen LogP contribution is -2.22. The van der Waals surface area contributed by atoms with Crippen LogP contribution in [0.1, 0.15) is 23.0 Å². The maximum Gasteiger partial charge on any atom is 0.454 e. The van der Waals surface area contributed by atoms with Crippen LogP contribution in [0.2, 0.25) is 0 Å². The van der Waals surface area contributed by atoms with E-state index in [0.717, 1.165) is 17.8 Å². The standard InChI is InChI=1S/C14H12F3N3O/c1-2-10-7-11(20-13(18)19-10)8-3-5-9(6-4-8)12(21)14(15,16)17/h3-7H,2H2,1H3,(H2,18,19,20). The highest BCUT2D eigenvalue weighted by molar-refractivity contribution is 6.00. The molecule has 110 valence electrons. The highest BCUT2D eigenvalue weighted by Gasteiger charge is 2.39. The molecule has 4 nitrogen and oxygen atoms in total. The predicted octanol–water partition coefficient (Wildman–Crippen LogP) is 3.03. The fraction of sp³-hybridized carbons (Fsp3) is 0.214. The molecule has 0 saturated heterocycles. The molecule has 0 aliphatic rings. The van der Waals surface area contributed by atoms with Crippen molar-refractivity contribution in [3.8, 4) is 11.3 Å². The third-order valence-electron chi connectivity index (χ3n) is 2.86. The number of hydrogen-bond donors (Lipinski definition) is 1. The lowest BCUT2D eigenvalue weighted by Gasteiger charge is -2.07. The molecule has 7 heteroatoms. The zero-order valence-corrected chi connectivity index (χ0v) is 11.1. The Morgan fingerprint density at radius 3 is 2.33 bits per heavy atom. The number of nitrogens with zero attached hydrogens (tertiary/aromatic N) is 2. The maximum atomic E-state index is 12.3. The van der Waals surface area contributed by atoms with Crippen molar-refractivity contribution in [2.75, 3.05) is 5.73 Å². The van der Waals surface area contributed by atoms with Crippen LogP contribution in [-0.2, 0) is 6.42 Å². The molecule has 2 N–H and O–H groups in total. The molecule has 2 aromatic rings. The molecule has 0 amide bonds. The highest BCUT2D eigenvalue weighted by Crippen LogP contribution is 2.24. The normalized spacial score (nSPS) is 11.4.